The number of hydrogen-bond acceptors (Lipinski definition) is 3. The largest absolute Gasteiger partial charge is 0.386 e. The molecule has 1 atom stereocenters. The van der Waals surface area contributed by atoms with Crippen molar-refractivity contribution in [1.82, 2.24) is 5.32 Å². The zero-order chi connectivity index (χ0) is 11.9. The molecule has 4 nitrogen and oxygen atoms in total. The predicted octanol–water partition coefficient (Wildman–Crippen LogP) is 1.22. The highest BCUT2D eigenvalue weighted by atomic mass is 16.5. The van der Waals surface area contributed by atoms with Gasteiger partial charge in [-0.25, -0.2) is 0 Å². The van der Waals surface area contributed by atoms with E-state index in [-0.39, 0.29) is 5.91 Å². The van der Waals surface area contributed by atoms with Gasteiger partial charge in [-0.05, 0) is 6.42 Å². The molecule has 0 saturated carbocycles. The Bertz CT molecular complexity index is 212. The van der Waals surface area contributed by atoms with Crippen LogP contribution in [0.1, 0.15) is 45.4 Å². The molecule has 0 spiro atoms. The zero-order valence-electron chi connectivity index (χ0n) is 10.1. The van der Waals surface area contributed by atoms with Gasteiger partial charge in [-0.15, -0.1) is 0 Å². The van der Waals surface area contributed by atoms with E-state index in [4.69, 9.17) is 4.74 Å². The van der Waals surface area contributed by atoms with Crippen molar-refractivity contribution >= 4 is 5.91 Å². The van der Waals surface area contributed by atoms with Crippen LogP contribution in [0.4, 0.5) is 0 Å². The quantitative estimate of drug-likeness (QED) is 0.645. The van der Waals surface area contributed by atoms with Gasteiger partial charge in [0.15, 0.2) is 0 Å². The maximum Gasteiger partial charge on any atom is 0.220 e. The number of nitrogens with one attached hydrogen (secondary N) is 1. The second-order valence-corrected chi connectivity index (χ2v) is 4.61. The van der Waals surface area contributed by atoms with E-state index in [9.17, 15) is 9.90 Å². The Balaban J connectivity index is 2.05. The van der Waals surface area contributed by atoms with Crippen LogP contribution in [-0.4, -0.2) is 36.4 Å². The van der Waals surface area contributed by atoms with Crippen molar-refractivity contribution in [1.29, 1.82) is 0 Å². The lowest BCUT2D eigenvalue weighted by Gasteiger charge is -2.20. The number of carbonyl (C=O) groups excluding carboxylic acids is 1. The molecule has 1 fully saturated rings. The Morgan fingerprint density at radius 3 is 2.88 bits per heavy atom. The highest BCUT2D eigenvalue weighted by Gasteiger charge is 2.32. The fourth-order valence-corrected chi connectivity index (χ4v) is 1.80. The highest BCUT2D eigenvalue weighted by molar-refractivity contribution is 5.75. The summed E-state index contributed by atoms with van der Waals surface area (Å²) in [4.78, 5) is 11.4. The second kappa shape index (κ2) is 6.86. The van der Waals surface area contributed by atoms with Crippen LogP contribution in [-0.2, 0) is 9.53 Å². The Kier molecular flexibility index (Phi) is 5.77. The molecule has 0 aromatic carbocycles. The maximum absolute atomic E-state index is 11.4. The van der Waals surface area contributed by atoms with Gasteiger partial charge in [0, 0.05) is 26.0 Å². The van der Waals surface area contributed by atoms with Gasteiger partial charge in [0.2, 0.25) is 5.91 Å². The zero-order valence-corrected chi connectivity index (χ0v) is 10.1. The Morgan fingerprint density at radius 1 is 1.44 bits per heavy atom. The maximum atomic E-state index is 11.4. The third-order valence-corrected chi connectivity index (χ3v) is 2.95. The first kappa shape index (κ1) is 13.5. The molecule has 16 heavy (non-hydrogen) atoms. The molecule has 94 valence electrons. The van der Waals surface area contributed by atoms with E-state index in [0.717, 1.165) is 12.8 Å². The number of rotatable bonds is 7. The summed E-state index contributed by atoms with van der Waals surface area (Å²) in [6, 6.07) is 0. The number of hydrogen-bond donors (Lipinski definition) is 2. The molecule has 1 saturated heterocycles. The highest BCUT2D eigenvalue weighted by Crippen LogP contribution is 2.16. The standard InChI is InChI=1S/C12H23NO3/c1-2-3-4-5-6-11(14)13-9-12(15)7-8-16-10-12/h15H,2-10H2,1H3,(H,13,14). The van der Waals surface area contributed by atoms with Crippen LogP contribution >= 0.6 is 0 Å². The number of carbonyl (C=O) groups is 1. The molecule has 0 aromatic rings. The van der Waals surface area contributed by atoms with Crippen LogP contribution in [0.15, 0.2) is 0 Å². The van der Waals surface area contributed by atoms with E-state index >= 15 is 0 Å². The van der Waals surface area contributed by atoms with Gasteiger partial charge in [0.05, 0.1) is 6.61 Å². The monoisotopic (exact) mass is 229 g/mol. The van der Waals surface area contributed by atoms with Crippen molar-refractivity contribution in [2.45, 2.75) is 51.0 Å². The minimum absolute atomic E-state index is 0.0384. The summed E-state index contributed by atoms with van der Waals surface area (Å²) in [5.41, 5.74) is -0.834. The van der Waals surface area contributed by atoms with E-state index < -0.39 is 5.60 Å². The van der Waals surface area contributed by atoms with E-state index in [0.29, 0.717) is 32.6 Å². The third kappa shape index (κ3) is 4.94. The number of aliphatic hydroxyl groups is 1. The summed E-state index contributed by atoms with van der Waals surface area (Å²) in [5, 5.41) is 12.7. The number of amides is 1. The van der Waals surface area contributed by atoms with Gasteiger partial charge >= 0.3 is 0 Å². The molecule has 0 aromatic heterocycles. The number of ether oxygens (including phenoxy) is 1. The molecule has 1 amide bonds. The van der Waals surface area contributed by atoms with E-state index in [1.807, 2.05) is 0 Å². The lowest BCUT2D eigenvalue weighted by atomic mass is 10.0. The first-order valence-electron chi connectivity index (χ1n) is 6.23. The minimum atomic E-state index is -0.834. The molecule has 0 bridgehead atoms. The molecular formula is C12H23NO3. The lowest BCUT2D eigenvalue weighted by Crippen LogP contribution is -2.43. The summed E-state index contributed by atoms with van der Waals surface area (Å²) >= 11 is 0. The topological polar surface area (TPSA) is 58.6 Å². The van der Waals surface area contributed by atoms with Gasteiger partial charge in [-0.1, -0.05) is 26.2 Å². The number of unbranched alkanes of at least 4 members (excludes halogenated alkanes) is 3. The van der Waals surface area contributed by atoms with Crippen molar-refractivity contribution in [3.63, 3.8) is 0 Å². The first-order valence-corrected chi connectivity index (χ1v) is 6.23. The first-order chi connectivity index (χ1) is 7.66. The fourth-order valence-electron chi connectivity index (χ4n) is 1.80. The SMILES string of the molecule is CCCCCCC(=O)NCC1(O)CCOC1. The van der Waals surface area contributed by atoms with Gasteiger partial charge < -0.3 is 15.2 Å². The average molecular weight is 229 g/mol. The van der Waals surface area contributed by atoms with Crippen LogP contribution in [0, 0.1) is 0 Å². The van der Waals surface area contributed by atoms with Crippen LogP contribution < -0.4 is 5.32 Å². The summed E-state index contributed by atoms with van der Waals surface area (Å²) < 4.78 is 5.10. The molecule has 1 unspecified atom stereocenters. The second-order valence-electron chi connectivity index (χ2n) is 4.61. The Hall–Kier alpha value is -0.610. The molecule has 1 aliphatic heterocycles. The molecule has 1 rings (SSSR count). The summed E-state index contributed by atoms with van der Waals surface area (Å²) in [7, 11) is 0. The minimum Gasteiger partial charge on any atom is -0.386 e. The van der Waals surface area contributed by atoms with Crippen LogP contribution in [0.3, 0.4) is 0 Å². The van der Waals surface area contributed by atoms with Crippen molar-refractivity contribution < 1.29 is 14.6 Å². The molecule has 1 heterocycles. The van der Waals surface area contributed by atoms with Gasteiger partial charge in [0.1, 0.15) is 5.60 Å². The summed E-state index contributed by atoms with van der Waals surface area (Å²) in [6.07, 6.45) is 5.59. The average Bonchev–Trinajstić information content (AvgIpc) is 2.70. The van der Waals surface area contributed by atoms with E-state index in [2.05, 4.69) is 12.2 Å². The van der Waals surface area contributed by atoms with Crippen molar-refractivity contribution in [3.8, 4) is 0 Å². The molecule has 1 aliphatic rings. The van der Waals surface area contributed by atoms with Crippen LogP contribution in [0.25, 0.3) is 0 Å². The summed E-state index contributed by atoms with van der Waals surface area (Å²) in [5.74, 6) is 0.0384. The van der Waals surface area contributed by atoms with Gasteiger partial charge in [-0.2, -0.15) is 0 Å². The van der Waals surface area contributed by atoms with Gasteiger partial charge in [-0.3, -0.25) is 4.79 Å². The third-order valence-electron chi connectivity index (χ3n) is 2.95. The molecule has 4 heteroatoms. The normalized spacial score (nSPS) is 24.6. The molecule has 0 radical (unpaired) electrons. The van der Waals surface area contributed by atoms with Crippen LogP contribution in [0.2, 0.25) is 0 Å². The smallest absolute Gasteiger partial charge is 0.220 e. The van der Waals surface area contributed by atoms with Crippen molar-refractivity contribution in [3.05, 3.63) is 0 Å². The molecule has 2 N–H and O–H groups in total. The lowest BCUT2D eigenvalue weighted by molar-refractivity contribution is -0.122. The summed E-state index contributed by atoms with van der Waals surface area (Å²) in [6.45, 7) is 3.39. The van der Waals surface area contributed by atoms with E-state index in [1.165, 1.54) is 12.8 Å². The van der Waals surface area contributed by atoms with Crippen molar-refractivity contribution in [2.24, 2.45) is 0 Å². The van der Waals surface area contributed by atoms with Crippen molar-refractivity contribution in [2.75, 3.05) is 19.8 Å². The van der Waals surface area contributed by atoms with Crippen LogP contribution in [0.5, 0.6) is 0 Å². The fraction of sp³-hybridized carbons (Fsp3) is 0.917. The Morgan fingerprint density at radius 2 is 2.25 bits per heavy atom. The van der Waals surface area contributed by atoms with E-state index in [1.54, 1.807) is 0 Å². The molecular weight excluding hydrogens is 206 g/mol. The predicted molar refractivity (Wildman–Crippen MR) is 62.2 cm³/mol. The van der Waals surface area contributed by atoms with Gasteiger partial charge in [0.25, 0.3) is 0 Å². The molecule has 0 aliphatic carbocycles. The Labute approximate surface area is 97.4 Å².